The normalized spacial score (nSPS) is 13.9. The predicted octanol–water partition coefficient (Wildman–Crippen LogP) is 2.69. The fourth-order valence-corrected chi connectivity index (χ4v) is 1.92. The van der Waals surface area contributed by atoms with Crippen molar-refractivity contribution < 1.29 is 14.3 Å². The Kier molecular flexibility index (Phi) is 8.13. The standard InChI is InChI=1S/C15H32N2O3/c1-8-15(9-2,11-16-12(3)10-19-7)17-13(18)20-14(4,5)6/h12,16H,8-11H2,1-7H3,(H,17,18). The summed E-state index contributed by atoms with van der Waals surface area (Å²) in [5.41, 5.74) is -0.765. The molecule has 1 unspecified atom stereocenters. The first kappa shape index (κ1) is 19.2. The maximum atomic E-state index is 12.0. The highest BCUT2D eigenvalue weighted by atomic mass is 16.6. The number of rotatable bonds is 8. The number of carbonyl (C=O) groups excluding carboxylic acids is 1. The first-order chi connectivity index (χ1) is 9.18. The van der Waals surface area contributed by atoms with Crippen molar-refractivity contribution in [2.45, 2.75) is 71.6 Å². The van der Waals surface area contributed by atoms with Crippen LogP contribution in [0.5, 0.6) is 0 Å². The van der Waals surface area contributed by atoms with E-state index in [0.717, 1.165) is 12.8 Å². The van der Waals surface area contributed by atoms with E-state index in [9.17, 15) is 4.79 Å². The molecule has 0 heterocycles. The molecule has 5 heteroatoms. The second-order valence-corrected chi connectivity index (χ2v) is 6.35. The summed E-state index contributed by atoms with van der Waals surface area (Å²) in [5, 5.41) is 6.42. The summed E-state index contributed by atoms with van der Waals surface area (Å²) in [6.45, 7) is 13.2. The molecule has 1 atom stereocenters. The predicted molar refractivity (Wildman–Crippen MR) is 82.0 cm³/mol. The maximum absolute atomic E-state index is 12.0. The van der Waals surface area contributed by atoms with Gasteiger partial charge in [-0.05, 0) is 40.5 Å². The van der Waals surface area contributed by atoms with Crippen LogP contribution in [-0.2, 0) is 9.47 Å². The van der Waals surface area contributed by atoms with Crippen LogP contribution in [0.2, 0.25) is 0 Å². The number of hydrogen-bond acceptors (Lipinski definition) is 4. The third kappa shape index (κ3) is 7.70. The average Bonchev–Trinajstić information content (AvgIpc) is 2.32. The highest BCUT2D eigenvalue weighted by Crippen LogP contribution is 2.16. The summed E-state index contributed by atoms with van der Waals surface area (Å²) in [5.74, 6) is 0. The van der Waals surface area contributed by atoms with E-state index in [0.29, 0.717) is 13.2 Å². The van der Waals surface area contributed by atoms with E-state index < -0.39 is 5.60 Å². The lowest BCUT2D eigenvalue weighted by molar-refractivity contribution is 0.0442. The van der Waals surface area contributed by atoms with Gasteiger partial charge in [-0.1, -0.05) is 13.8 Å². The summed E-state index contributed by atoms with van der Waals surface area (Å²) in [7, 11) is 1.68. The topological polar surface area (TPSA) is 59.6 Å². The highest BCUT2D eigenvalue weighted by molar-refractivity contribution is 5.68. The molecule has 0 spiro atoms. The Morgan fingerprint density at radius 3 is 2.15 bits per heavy atom. The molecule has 0 aliphatic heterocycles. The smallest absolute Gasteiger partial charge is 0.408 e. The van der Waals surface area contributed by atoms with Crippen LogP contribution in [0.15, 0.2) is 0 Å². The second-order valence-electron chi connectivity index (χ2n) is 6.35. The van der Waals surface area contributed by atoms with Crippen LogP contribution in [0.25, 0.3) is 0 Å². The number of ether oxygens (including phenoxy) is 2. The molecule has 20 heavy (non-hydrogen) atoms. The van der Waals surface area contributed by atoms with Gasteiger partial charge in [0.15, 0.2) is 0 Å². The Bertz CT molecular complexity index is 283. The molecule has 1 amide bonds. The van der Waals surface area contributed by atoms with Gasteiger partial charge in [-0.15, -0.1) is 0 Å². The number of methoxy groups -OCH3 is 1. The first-order valence-electron chi connectivity index (χ1n) is 7.41. The molecule has 2 N–H and O–H groups in total. The second kappa shape index (κ2) is 8.47. The molecule has 0 saturated carbocycles. The molecule has 0 saturated heterocycles. The molecule has 0 aliphatic rings. The lowest BCUT2D eigenvalue weighted by Crippen LogP contribution is -2.56. The van der Waals surface area contributed by atoms with Gasteiger partial charge < -0.3 is 20.1 Å². The molecule has 0 aliphatic carbocycles. The Balaban J connectivity index is 4.55. The summed E-state index contributed by atoms with van der Waals surface area (Å²) < 4.78 is 10.5. The van der Waals surface area contributed by atoms with Crippen molar-refractivity contribution in [2.24, 2.45) is 0 Å². The number of carbonyl (C=O) groups is 1. The molecule has 0 radical (unpaired) electrons. The van der Waals surface area contributed by atoms with Crippen LogP contribution in [0.1, 0.15) is 54.4 Å². The first-order valence-corrected chi connectivity index (χ1v) is 7.41. The van der Waals surface area contributed by atoms with Crippen LogP contribution in [-0.4, -0.2) is 43.5 Å². The quantitative estimate of drug-likeness (QED) is 0.721. The van der Waals surface area contributed by atoms with Crippen LogP contribution in [0.3, 0.4) is 0 Å². The molecule has 0 bridgehead atoms. The van der Waals surface area contributed by atoms with Gasteiger partial charge in [0.1, 0.15) is 5.60 Å². The van der Waals surface area contributed by atoms with Crippen molar-refractivity contribution in [3.8, 4) is 0 Å². The van der Waals surface area contributed by atoms with Crippen LogP contribution < -0.4 is 10.6 Å². The summed E-state index contributed by atoms with van der Waals surface area (Å²) in [4.78, 5) is 12.0. The Hall–Kier alpha value is -0.810. The zero-order valence-electron chi connectivity index (χ0n) is 14.1. The van der Waals surface area contributed by atoms with Crippen LogP contribution >= 0.6 is 0 Å². The SMILES string of the molecule is CCC(CC)(CNC(C)COC)NC(=O)OC(C)(C)C. The van der Waals surface area contributed by atoms with Gasteiger partial charge in [-0.25, -0.2) is 4.79 Å². The monoisotopic (exact) mass is 288 g/mol. The fourth-order valence-electron chi connectivity index (χ4n) is 1.92. The molecular weight excluding hydrogens is 256 g/mol. The van der Waals surface area contributed by atoms with E-state index in [-0.39, 0.29) is 17.7 Å². The molecule has 0 fully saturated rings. The van der Waals surface area contributed by atoms with E-state index in [2.05, 4.69) is 31.4 Å². The minimum Gasteiger partial charge on any atom is -0.444 e. The summed E-state index contributed by atoms with van der Waals surface area (Å²) in [6, 6.07) is 0.248. The minimum absolute atomic E-state index is 0.248. The summed E-state index contributed by atoms with van der Waals surface area (Å²) >= 11 is 0. The van der Waals surface area contributed by atoms with E-state index >= 15 is 0 Å². The van der Waals surface area contributed by atoms with Gasteiger partial charge in [0.2, 0.25) is 0 Å². The molecule has 0 aromatic carbocycles. The average molecular weight is 288 g/mol. The molecule has 0 rings (SSSR count). The van der Waals surface area contributed by atoms with Gasteiger partial charge in [-0.2, -0.15) is 0 Å². The van der Waals surface area contributed by atoms with Gasteiger partial charge in [0.25, 0.3) is 0 Å². The third-order valence-corrected chi connectivity index (χ3v) is 3.33. The number of hydrogen-bond donors (Lipinski definition) is 2. The lowest BCUT2D eigenvalue weighted by atomic mass is 9.92. The van der Waals surface area contributed by atoms with Crippen molar-refractivity contribution in [2.75, 3.05) is 20.3 Å². The maximum Gasteiger partial charge on any atom is 0.408 e. The molecule has 0 aromatic heterocycles. The minimum atomic E-state index is -0.478. The van der Waals surface area contributed by atoms with Crippen molar-refractivity contribution in [1.82, 2.24) is 10.6 Å². The van der Waals surface area contributed by atoms with Crippen molar-refractivity contribution in [3.63, 3.8) is 0 Å². The Morgan fingerprint density at radius 1 is 1.20 bits per heavy atom. The molecular formula is C15H32N2O3. The largest absolute Gasteiger partial charge is 0.444 e. The van der Waals surface area contributed by atoms with E-state index in [1.54, 1.807) is 7.11 Å². The lowest BCUT2D eigenvalue weighted by Gasteiger charge is -2.35. The van der Waals surface area contributed by atoms with Crippen molar-refractivity contribution >= 4 is 6.09 Å². The zero-order valence-corrected chi connectivity index (χ0v) is 14.1. The van der Waals surface area contributed by atoms with E-state index in [1.165, 1.54) is 0 Å². The van der Waals surface area contributed by atoms with Crippen molar-refractivity contribution in [1.29, 1.82) is 0 Å². The number of alkyl carbamates (subject to hydrolysis) is 1. The van der Waals surface area contributed by atoms with E-state index in [1.807, 2.05) is 20.8 Å². The number of amides is 1. The summed E-state index contributed by atoms with van der Waals surface area (Å²) in [6.07, 6.45) is 1.33. The molecule has 0 aromatic rings. The molecule has 120 valence electrons. The van der Waals surface area contributed by atoms with Crippen LogP contribution in [0.4, 0.5) is 4.79 Å². The van der Waals surface area contributed by atoms with Crippen LogP contribution in [0, 0.1) is 0 Å². The van der Waals surface area contributed by atoms with Gasteiger partial charge in [0.05, 0.1) is 12.1 Å². The van der Waals surface area contributed by atoms with Gasteiger partial charge >= 0.3 is 6.09 Å². The van der Waals surface area contributed by atoms with Gasteiger partial charge in [-0.3, -0.25) is 0 Å². The van der Waals surface area contributed by atoms with Crippen molar-refractivity contribution in [3.05, 3.63) is 0 Å². The van der Waals surface area contributed by atoms with E-state index in [4.69, 9.17) is 9.47 Å². The highest BCUT2D eigenvalue weighted by Gasteiger charge is 2.30. The van der Waals surface area contributed by atoms with Gasteiger partial charge in [0, 0.05) is 19.7 Å². The Morgan fingerprint density at radius 2 is 1.75 bits per heavy atom. The fraction of sp³-hybridized carbons (Fsp3) is 0.933. The zero-order chi connectivity index (χ0) is 15.8. The number of nitrogens with one attached hydrogen (secondary N) is 2. The Labute approximate surface area is 123 Å². The molecule has 5 nitrogen and oxygen atoms in total. The third-order valence-electron chi connectivity index (χ3n) is 3.33.